The highest BCUT2D eigenvalue weighted by molar-refractivity contribution is 5.99. The van der Waals surface area contributed by atoms with Crippen LogP contribution in [0.25, 0.3) is 0 Å². The van der Waals surface area contributed by atoms with E-state index in [1.807, 2.05) is 6.92 Å². The average molecular weight is 182 g/mol. The van der Waals surface area contributed by atoms with Crippen LogP contribution in [0.2, 0.25) is 0 Å². The third-order valence-electron chi connectivity index (χ3n) is 2.35. The van der Waals surface area contributed by atoms with Crippen LogP contribution in [0.1, 0.15) is 30.8 Å². The second kappa shape index (κ2) is 3.75. The van der Waals surface area contributed by atoms with Crippen molar-refractivity contribution in [1.82, 2.24) is 0 Å². The molecule has 0 bridgehead atoms. The molecule has 0 aliphatic heterocycles. The van der Waals surface area contributed by atoms with Gasteiger partial charge in [0.2, 0.25) is 5.78 Å². The second-order valence-corrected chi connectivity index (χ2v) is 3.09. The quantitative estimate of drug-likeness (QED) is 0.670. The Morgan fingerprint density at radius 2 is 2.38 bits per heavy atom. The van der Waals surface area contributed by atoms with E-state index in [1.165, 1.54) is 13.4 Å². The van der Waals surface area contributed by atoms with E-state index in [9.17, 15) is 4.79 Å². The normalized spacial score (nSPS) is 15.3. The molecule has 0 spiro atoms. The van der Waals surface area contributed by atoms with E-state index >= 15 is 0 Å². The lowest BCUT2D eigenvalue weighted by Crippen LogP contribution is -2.36. The van der Waals surface area contributed by atoms with E-state index in [4.69, 9.17) is 9.15 Å². The Hall–Kier alpha value is -1.09. The van der Waals surface area contributed by atoms with E-state index in [0.717, 1.165) is 0 Å². The molecule has 1 aromatic rings. The summed E-state index contributed by atoms with van der Waals surface area (Å²) in [6, 6.07) is 3.34. The van der Waals surface area contributed by atoms with Gasteiger partial charge in [0.15, 0.2) is 5.76 Å². The maximum atomic E-state index is 11.8. The van der Waals surface area contributed by atoms with Gasteiger partial charge in [-0.2, -0.15) is 0 Å². The Morgan fingerprint density at radius 3 is 2.77 bits per heavy atom. The number of ether oxygens (including phenoxy) is 1. The fraction of sp³-hybridized carbons (Fsp3) is 0.500. The molecule has 0 aliphatic carbocycles. The van der Waals surface area contributed by atoms with Crippen molar-refractivity contribution in [1.29, 1.82) is 0 Å². The van der Waals surface area contributed by atoms with Gasteiger partial charge in [0.1, 0.15) is 5.60 Å². The van der Waals surface area contributed by atoms with Gasteiger partial charge in [-0.3, -0.25) is 4.79 Å². The van der Waals surface area contributed by atoms with Crippen LogP contribution in [0, 0.1) is 0 Å². The van der Waals surface area contributed by atoms with Crippen LogP contribution in [0.5, 0.6) is 0 Å². The van der Waals surface area contributed by atoms with Gasteiger partial charge < -0.3 is 9.15 Å². The van der Waals surface area contributed by atoms with Crippen molar-refractivity contribution in [3.63, 3.8) is 0 Å². The van der Waals surface area contributed by atoms with Gasteiger partial charge >= 0.3 is 0 Å². The van der Waals surface area contributed by atoms with Crippen LogP contribution in [-0.2, 0) is 4.74 Å². The summed E-state index contributed by atoms with van der Waals surface area (Å²) in [5.74, 6) is 0.244. The third-order valence-corrected chi connectivity index (χ3v) is 2.35. The summed E-state index contributed by atoms with van der Waals surface area (Å²) in [6.07, 6.45) is 2.11. The van der Waals surface area contributed by atoms with Crippen molar-refractivity contribution in [3.8, 4) is 0 Å². The summed E-state index contributed by atoms with van der Waals surface area (Å²) >= 11 is 0. The average Bonchev–Trinajstić information content (AvgIpc) is 2.68. The predicted octanol–water partition coefficient (Wildman–Crippen LogP) is 2.28. The van der Waals surface area contributed by atoms with Gasteiger partial charge in [-0.05, 0) is 25.5 Å². The molecule has 0 saturated carbocycles. The van der Waals surface area contributed by atoms with E-state index < -0.39 is 5.60 Å². The number of carbonyl (C=O) groups is 1. The number of hydrogen-bond acceptors (Lipinski definition) is 3. The zero-order chi connectivity index (χ0) is 9.90. The molecule has 0 radical (unpaired) electrons. The highest BCUT2D eigenvalue weighted by atomic mass is 16.5. The van der Waals surface area contributed by atoms with Crippen molar-refractivity contribution < 1.29 is 13.9 Å². The standard InChI is InChI=1S/C10H14O3/c1-4-10(2,12-3)9(11)8-6-5-7-13-8/h5-7H,4H2,1-3H3. The Labute approximate surface area is 77.7 Å². The van der Waals surface area contributed by atoms with Crippen molar-refractivity contribution in [2.24, 2.45) is 0 Å². The topological polar surface area (TPSA) is 39.4 Å². The van der Waals surface area contributed by atoms with E-state index in [0.29, 0.717) is 12.2 Å². The lowest BCUT2D eigenvalue weighted by Gasteiger charge is -2.23. The van der Waals surface area contributed by atoms with Crippen molar-refractivity contribution in [3.05, 3.63) is 24.2 Å². The summed E-state index contributed by atoms with van der Waals surface area (Å²) in [4.78, 5) is 11.8. The molecule has 1 rings (SSSR count). The Balaban J connectivity index is 2.89. The van der Waals surface area contributed by atoms with Crippen LogP contribution in [0.3, 0.4) is 0 Å². The number of furan rings is 1. The highest BCUT2D eigenvalue weighted by Crippen LogP contribution is 2.20. The van der Waals surface area contributed by atoms with Crippen molar-refractivity contribution in [2.75, 3.05) is 7.11 Å². The number of hydrogen-bond donors (Lipinski definition) is 0. The molecular formula is C10H14O3. The smallest absolute Gasteiger partial charge is 0.229 e. The van der Waals surface area contributed by atoms with Crippen LogP contribution in [0.15, 0.2) is 22.8 Å². The third kappa shape index (κ3) is 1.80. The molecule has 1 heterocycles. The maximum Gasteiger partial charge on any atom is 0.229 e. The molecule has 72 valence electrons. The largest absolute Gasteiger partial charge is 0.461 e. The van der Waals surface area contributed by atoms with Crippen LogP contribution < -0.4 is 0 Å². The minimum absolute atomic E-state index is 0.109. The molecule has 1 atom stereocenters. The lowest BCUT2D eigenvalue weighted by molar-refractivity contribution is 0.00840. The number of Topliss-reactive ketones (excluding diaryl/α,β-unsaturated/α-hetero) is 1. The van der Waals surface area contributed by atoms with Crippen molar-refractivity contribution >= 4 is 5.78 Å². The van der Waals surface area contributed by atoms with Gasteiger partial charge in [0.05, 0.1) is 6.26 Å². The summed E-state index contributed by atoms with van der Waals surface area (Å²) in [7, 11) is 1.53. The molecule has 0 aliphatic rings. The molecule has 0 fully saturated rings. The van der Waals surface area contributed by atoms with Gasteiger partial charge in [0.25, 0.3) is 0 Å². The lowest BCUT2D eigenvalue weighted by atomic mass is 9.96. The van der Waals surface area contributed by atoms with E-state index in [2.05, 4.69) is 0 Å². The first kappa shape index (κ1) is 9.99. The van der Waals surface area contributed by atoms with Crippen LogP contribution in [0.4, 0.5) is 0 Å². The Bertz CT molecular complexity index is 270. The van der Waals surface area contributed by atoms with Gasteiger partial charge in [-0.1, -0.05) is 6.92 Å². The molecule has 1 aromatic heterocycles. The maximum absolute atomic E-state index is 11.8. The summed E-state index contributed by atoms with van der Waals surface area (Å²) < 4.78 is 10.2. The van der Waals surface area contributed by atoms with Crippen LogP contribution in [-0.4, -0.2) is 18.5 Å². The summed E-state index contributed by atoms with van der Waals surface area (Å²) in [6.45, 7) is 3.67. The molecular weight excluding hydrogens is 168 g/mol. The number of rotatable bonds is 4. The fourth-order valence-corrected chi connectivity index (χ4v) is 1.07. The molecule has 1 unspecified atom stereocenters. The van der Waals surface area contributed by atoms with E-state index in [1.54, 1.807) is 19.1 Å². The molecule has 0 amide bonds. The minimum Gasteiger partial charge on any atom is -0.461 e. The van der Waals surface area contributed by atoms with Gasteiger partial charge in [-0.15, -0.1) is 0 Å². The zero-order valence-corrected chi connectivity index (χ0v) is 8.16. The fourth-order valence-electron chi connectivity index (χ4n) is 1.07. The molecule has 13 heavy (non-hydrogen) atoms. The summed E-state index contributed by atoms with van der Waals surface area (Å²) in [5.41, 5.74) is -0.766. The first-order valence-electron chi connectivity index (χ1n) is 4.27. The Kier molecular flexibility index (Phi) is 2.88. The minimum atomic E-state index is -0.766. The molecule has 0 aromatic carbocycles. The number of carbonyl (C=O) groups excluding carboxylic acids is 1. The number of ketones is 1. The first-order valence-corrected chi connectivity index (χ1v) is 4.27. The summed E-state index contributed by atoms with van der Waals surface area (Å²) in [5, 5.41) is 0. The zero-order valence-electron chi connectivity index (χ0n) is 8.16. The SMILES string of the molecule is CCC(C)(OC)C(=O)c1ccco1. The van der Waals surface area contributed by atoms with Gasteiger partial charge in [-0.25, -0.2) is 0 Å². The monoisotopic (exact) mass is 182 g/mol. The Morgan fingerprint density at radius 1 is 1.69 bits per heavy atom. The van der Waals surface area contributed by atoms with Crippen molar-refractivity contribution in [2.45, 2.75) is 25.9 Å². The molecule has 3 heteroatoms. The molecule has 0 saturated heterocycles. The molecule has 3 nitrogen and oxygen atoms in total. The highest BCUT2D eigenvalue weighted by Gasteiger charge is 2.33. The second-order valence-electron chi connectivity index (χ2n) is 3.09. The van der Waals surface area contributed by atoms with E-state index in [-0.39, 0.29) is 5.78 Å². The number of methoxy groups -OCH3 is 1. The van der Waals surface area contributed by atoms with Gasteiger partial charge in [0, 0.05) is 7.11 Å². The first-order chi connectivity index (χ1) is 6.14. The molecule has 0 N–H and O–H groups in total. The van der Waals surface area contributed by atoms with Crippen LogP contribution >= 0.6 is 0 Å². The predicted molar refractivity (Wildman–Crippen MR) is 48.7 cm³/mol.